The molecule has 1 N–H and O–H groups in total. The van der Waals surface area contributed by atoms with Gasteiger partial charge in [-0.1, -0.05) is 42.3 Å². The maximum atomic E-state index is 10.3. The highest BCUT2D eigenvalue weighted by Crippen LogP contribution is 2.51. The van der Waals surface area contributed by atoms with Gasteiger partial charge in [0.2, 0.25) is 0 Å². The molecule has 2 aromatic carbocycles. The van der Waals surface area contributed by atoms with Crippen molar-refractivity contribution in [3.05, 3.63) is 59.2 Å². The van der Waals surface area contributed by atoms with Crippen LogP contribution < -0.4 is 4.74 Å². The molecule has 3 heterocycles. The first-order valence-corrected chi connectivity index (χ1v) is 9.26. The van der Waals surface area contributed by atoms with Crippen LogP contribution in [0.4, 0.5) is 0 Å². The SMILES string of the molecule is CN1C2CCCC1CC(=C1c3ccccc3Oc3c(O)cccc31)C2. The van der Waals surface area contributed by atoms with Gasteiger partial charge < -0.3 is 9.84 Å². The number of hydrogen-bond acceptors (Lipinski definition) is 3. The number of ether oxygens (including phenoxy) is 1. The van der Waals surface area contributed by atoms with Crippen LogP contribution in [-0.4, -0.2) is 29.1 Å². The van der Waals surface area contributed by atoms with Gasteiger partial charge in [-0.25, -0.2) is 0 Å². The number of nitrogens with zero attached hydrogens (tertiary/aromatic N) is 1. The third-order valence-electron chi connectivity index (χ3n) is 6.18. The Bertz CT molecular complexity index is 854. The quantitative estimate of drug-likeness (QED) is 0.632. The van der Waals surface area contributed by atoms with Gasteiger partial charge in [0.25, 0.3) is 0 Å². The van der Waals surface area contributed by atoms with Crippen LogP contribution in [0.3, 0.4) is 0 Å². The Balaban J connectivity index is 1.72. The van der Waals surface area contributed by atoms with Crippen LogP contribution in [-0.2, 0) is 0 Å². The number of fused-ring (bicyclic) bond motifs is 4. The van der Waals surface area contributed by atoms with E-state index in [4.69, 9.17) is 4.74 Å². The van der Waals surface area contributed by atoms with Crippen molar-refractivity contribution in [1.29, 1.82) is 0 Å². The van der Waals surface area contributed by atoms with Crippen LogP contribution in [0.15, 0.2) is 48.0 Å². The summed E-state index contributed by atoms with van der Waals surface area (Å²) in [6.45, 7) is 0. The molecule has 3 nitrogen and oxygen atoms in total. The maximum Gasteiger partial charge on any atom is 0.176 e. The molecule has 0 radical (unpaired) electrons. The Hall–Kier alpha value is -2.26. The third kappa shape index (κ3) is 2.30. The van der Waals surface area contributed by atoms with Crippen molar-refractivity contribution in [2.45, 2.75) is 44.2 Å². The van der Waals surface area contributed by atoms with Crippen LogP contribution in [0.25, 0.3) is 5.57 Å². The minimum absolute atomic E-state index is 0.221. The van der Waals surface area contributed by atoms with E-state index in [1.54, 1.807) is 6.07 Å². The number of piperidine rings is 2. The molecule has 5 rings (SSSR count). The summed E-state index contributed by atoms with van der Waals surface area (Å²) < 4.78 is 6.05. The average Bonchev–Trinajstić information content (AvgIpc) is 2.60. The number of hydrogen-bond donors (Lipinski definition) is 1. The Morgan fingerprint density at radius 3 is 2.48 bits per heavy atom. The zero-order valence-electron chi connectivity index (χ0n) is 14.5. The number of rotatable bonds is 0. The minimum Gasteiger partial charge on any atom is -0.504 e. The lowest BCUT2D eigenvalue weighted by molar-refractivity contribution is 0.0910. The van der Waals surface area contributed by atoms with Gasteiger partial charge in [-0.2, -0.15) is 0 Å². The van der Waals surface area contributed by atoms with E-state index in [-0.39, 0.29) is 5.75 Å². The van der Waals surface area contributed by atoms with E-state index in [0.717, 1.165) is 24.2 Å². The molecule has 0 saturated carbocycles. The monoisotopic (exact) mass is 333 g/mol. The molecule has 2 bridgehead atoms. The summed E-state index contributed by atoms with van der Waals surface area (Å²) in [6.07, 6.45) is 6.15. The molecule has 3 aliphatic rings. The molecule has 0 spiro atoms. The first-order valence-electron chi connectivity index (χ1n) is 9.26. The second kappa shape index (κ2) is 5.63. The van der Waals surface area contributed by atoms with Crippen LogP contribution in [0.2, 0.25) is 0 Å². The molecule has 0 amide bonds. The molecule has 0 aromatic heterocycles. The van der Waals surface area contributed by atoms with Crippen molar-refractivity contribution >= 4 is 5.57 Å². The standard InChI is InChI=1S/C22H23NO2/c1-23-15-6-4-7-16(23)13-14(12-15)21-17-8-2-3-11-20(17)25-22-18(21)9-5-10-19(22)24/h2-3,5,8-11,15-16,24H,4,6-7,12-13H2,1H3. The van der Waals surface area contributed by atoms with Crippen molar-refractivity contribution in [2.75, 3.05) is 7.05 Å². The van der Waals surface area contributed by atoms with Crippen molar-refractivity contribution in [1.82, 2.24) is 4.90 Å². The smallest absolute Gasteiger partial charge is 0.176 e. The predicted octanol–water partition coefficient (Wildman–Crippen LogP) is 4.95. The summed E-state index contributed by atoms with van der Waals surface area (Å²) in [7, 11) is 2.29. The van der Waals surface area contributed by atoms with E-state index in [1.807, 2.05) is 18.2 Å². The van der Waals surface area contributed by atoms with Crippen molar-refractivity contribution in [3.8, 4) is 17.2 Å². The van der Waals surface area contributed by atoms with Crippen LogP contribution in [0.5, 0.6) is 17.2 Å². The summed E-state index contributed by atoms with van der Waals surface area (Å²) in [5.74, 6) is 1.68. The van der Waals surface area contributed by atoms with Crippen LogP contribution in [0.1, 0.15) is 43.2 Å². The average molecular weight is 333 g/mol. The summed E-state index contributed by atoms with van der Waals surface area (Å²) >= 11 is 0. The van der Waals surface area contributed by atoms with E-state index in [0.29, 0.717) is 17.8 Å². The van der Waals surface area contributed by atoms with E-state index in [9.17, 15) is 5.11 Å². The van der Waals surface area contributed by atoms with Gasteiger partial charge in [-0.15, -0.1) is 0 Å². The van der Waals surface area contributed by atoms with Gasteiger partial charge in [0.05, 0.1) is 0 Å². The van der Waals surface area contributed by atoms with E-state index in [2.05, 4.69) is 30.1 Å². The van der Waals surface area contributed by atoms with E-state index in [1.165, 1.54) is 36.0 Å². The predicted molar refractivity (Wildman–Crippen MR) is 99.1 cm³/mol. The Morgan fingerprint density at radius 2 is 1.68 bits per heavy atom. The lowest BCUT2D eigenvalue weighted by Gasteiger charge is -2.46. The number of phenols is 1. The van der Waals surface area contributed by atoms with Gasteiger partial charge in [-0.3, -0.25) is 4.90 Å². The van der Waals surface area contributed by atoms with Gasteiger partial charge in [0, 0.05) is 23.2 Å². The highest BCUT2D eigenvalue weighted by molar-refractivity contribution is 5.91. The van der Waals surface area contributed by atoms with Crippen molar-refractivity contribution in [3.63, 3.8) is 0 Å². The van der Waals surface area contributed by atoms with Crippen molar-refractivity contribution < 1.29 is 9.84 Å². The Morgan fingerprint density at radius 1 is 0.960 bits per heavy atom. The van der Waals surface area contributed by atoms with E-state index < -0.39 is 0 Å². The zero-order valence-corrected chi connectivity index (χ0v) is 14.5. The molecule has 2 unspecified atom stereocenters. The molecule has 3 heteroatoms. The fraction of sp³-hybridized carbons (Fsp3) is 0.364. The Labute approximate surface area is 148 Å². The highest BCUT2D eigenvalue weighted by Gasteiger charge is 2.36. The fourth-order valence-corrected chi connectivity index (χ4v) is 4.87. The first-order chi connectivity index (χ1) is 12.2. The number of benzene rings is 2. The van der Waals surface area contributed by atoms with Gasteiger partial charge in [0.1, 0.15) is 5.75 Å². The molecule has 3 aliphatic heterocycles. The highest BCUT2D eigenvalue weighted by atomic mass is 16.5. The van der Waals surface area contributed by atoms with Gasteiger partial charge >= 0.3 is 0 Å². The number of para-hydroxylation sites is 2. The second-order valence-corrected chi connectivity index (χ2v) is 7.54. The third-order valence-corrected chi connectivity index (χ3v) is 6.18. The number of aromatic hydroxyl groups is 1. The molecule has 128 valence electrons. The molecular formula is C22H23NO2. The topological polar surface area (TPSA) is 32.7 Å². The molecule has 2 aromatic rings. The normalized spacial score (nSPS) is 25.2. The summed E-state index contributed by atoms with van der Waals surface area (Å²) in [5, 5.41) is 10.3. The summed E-state index contributed by atoms with van der Waals surface area (Å²) in [5.41, 5.74) is 5.02. The molecule has 2 saturated heterocycles. The van der Waals surface area contributed by atoms with E-state index >= 15 is 0 Å². The van der Waals surface area contributed by atoms with Crippen LogP contribution in [0, 0.1) is 0 Å². The molecule has 2 fully saturated rings. The lowest BCUT2D eigenvalue weighted by Crippen LogP contribution is -2.47. The summed E-state index contributed by atoms with van der Waals surface area (Å²) in [4.78, 5) is 2.59. The molecule has 2 atom stereocenters. The Kier molecular flexibility index (Phi) is 3.39. The first kappa shape index (κ1) is 15.0. The summed E-state index contributed by atoms with van der Waals surface area (Å²) in [6, 6.07) is 15.2. The van der Waals surface area contributed by atoms with Gasteiger partial charge in [-0.05, 0) is 50.4 Å². The van der Waals surface area contributed by atoms with Crippen molar-refractivity contribution in [2.24, 2.45) is 0 Å². The zero-order chi connectivity index (χ0) is 17.0. The fourth-order valence-electron chi connectivity index (χ4n) is 4.87. The van der Waals surface area contributed by atoms with Crippen LogP contribution >= 0.6 is 0 Å². The number of phenolic OH excluding ortho intramolecular Hbond substituents is 1. The molecule has 25 heavy (non-hydrogen) atoms. The minimum atomic E-state index is 0.221. The molecular weight excluding hydrogens is 310 g/mol. The maximum absolute atomic E-state index is 10.3. The molecule has 0 aliphatic carbocycles. The lowest BCUT2D eigenvalue weighted by atomic mass is 9.77. The second-order valence-electron chi connectivity index (χ2n) is 7.54. The van der Waals surface area contributed by atoms with Gasteiger partial charge in [0.15, 0.2) is 11.5 Å². The largest absolute Gasteiger partial charge is 0.504 e.